The molecule has 1 saturated carbocycles. The Labute approximate surface area is 173 Å². The maximum absolute atomic E-state index is 11.9. The molecule has 4 rings (SSSR count). The van der Waals surface area contributed by atoms with Gasteiger partial charge in [-0.05, 0) is 55.7 Å². The van der Waals surface area contributed by atoms with E-state index < -0.39 is 5.91 Å². The fourth-order valence-corrected chi connectivity index (χ4v) is 3.14. The molecule has 154 valence electrons. The third-order valence-electron chi connectivity index (χ3n) is 4.85. The first kappa shape index (κ1) is 19.5. The number of hydrogen-bond donors (Lipinski definition) is 3. The number of hydrogen-bond acceptors (Lipinski definition) is 5. The molecule has 2 aromatic carbocycles. The molecule has 8 nitrogen and oxygen atoms in total. The molecule has 0 aliphatic heterocycles. The van der Waals surface area contributed by atoms with Crippen LogP contribution in [0.2, 0.25) is 0 Å². The number of amides is 3. The molecule has 1 aliphatic carbocycles. The van der Waals surface area contributed by atoms with Gasteiger partial charge in [-0.25, -0.2) is 4.79 Å². The lowest BCUT2D eigenvalue weighted by atomic mass is 10.1. The summed E-state index contributed by atoms with van der Waals surface area (Å²) in [5.41, 5.74) is 7.86. The SMILES string of the molecule is COc1cc2nccc(Oc3ccc(NC(=O)NC4CC4)cc3C)c2cc1C(N)=O. The second-order valence-electron chi connectivity index (χ2n) is 7.20. The van der Waals surface area contributed by atoms with E-state index in [1.807, 2.05) is 13.0 Å². The molecule has 1 fully saturated rings. The maximum Gasteiger partial charge on any atom is 0.319 e. The van der Waals surface area contributed by atoms with Crippen LogP contribution >= 0.6 is 0 Å². The molecule has 1 heterocycles. The van der Waals surface area contributed by atoms with Gasteiger partial charge in [-0.3, -0.25) is 9.78 Å². The van der Waals surface area contributed by atoms with E-state index in [-0.39, 0.29) is 17.6 Å². The van der Waals surface area contributed by atoms with E-state index in [0.29, 0.717) is 33.8 Å². The normalized spacial score (nSPS) is 13.0. The number of pyridine rings is 1. The molecule has 0 atom stereocenters. The van der Waals surface area contributed by atoms with Gasteiger partial charge in [0.15, 0.2) is 0 Å². The molecule has 30 heavy (non-hydrogen) atoms. The Morgan fingerprint density at radius 1 is 1.10 bits per heavy atom. The Bertz CT molecular complexity index is 1140. The van der Waals surface area contributed by atoms with E-state index in [1.165, 1.54) is 7.11 Å². The first-order chi connectivity index (χ1) is 14.4. The molecule has 3 amide bonds. The predicted molar refractivity (Wildman–Crippen MR) is 113 cm³/mol. The Kier molecular flexibility index (Phi) is 5.14. The number of methoxy groups -OCH3 is 1. The van der Waals surface area contributed by atoms with Crippen molar-refractivity contribution in [1.82, 2.24) is 10.3 Å². The Hall–Kier alpha value is -3.81. The van der Waals surface area contributed by atoms with Crippen molar-refractivity contribution in [1.29, 1.82) is 0 Å². The fraction of sp³-hybridized carbons (Fsp3) is 0.227. The van der Waals surface area contributed by atoms with E-state index in [2.05, 4.69) is 15.6 Å². The van der Waals surface area contributed by atoms with Gasteiger partial charge in [-0.2, -0.15) is 0 Å². The fourth-order valence-electron chi connectivity index (χ4n) is 3.14. The summed E-state index contributed by atoms with van der Waals surface area (Å²) >= 11 is 0. The lowest BCUT2D eigenvalue weighted by Crippen LogP contribution is -2.30. The number of carbonyl (C=O) groups is 2. The third kappa shape index (κ3) is 4.12. The van der Waals surface area contributed by atoms with Gasteiger partial charge in [0.05, 0.1) is 18.2 Å². The minimum absolute atomic E-state index is 0.210. The zero-order chi connectivity index (χ0) is 21.3. The van der Waals surface area contributed by atoms with Crippen molar-refractivity contribution in [2.24, 2.45) is 5.73 Å². The molecule has 8 heteroatoms. The lowest BCUT2D eigenvalue weighted by molar-refractivity contribution is 0.0997. The average Bonchev–Trinajstić information content (AvgIpc) is 3.52. The molecule has 0 radical (unpaired) electrons. The topological polar surface area (TPSA) is 116 Å². The summed E-state index contributed by atoms with van der Waals surface area (Å²) in [6.45, 7) is 1.89. The maximum atomic E-state index is 11.9. The van der Waals surface area contributed by atoms with Crippen LogP contribution in [0.15, 0.2) is 42.6 Å². The van der Waals surface area contributed by atoms with Crippen molar-refractivity contribution in [3.05, 3.63) is 53.7 Å². The van der Waals surface area contributed by atoms with Gasteiger partial charge in [0.2, 0.25) is 0 Å². The molecule has 0 saturated heterocycles. The van der Waals surface area contributed by atoms with Crippen LogP contribution in [0.1, 0.15) is 28.8 Å². The molecule has 0 spiro atoms. The molecular weight excluding hydrogens is 384 g/mol. The summed E-state index contributed by atoms with van der Waals surface area (Å²) in [7, 11) is 1.47. The zero-order valence-corrected chi connectivity index (χ0v) is 16.7. The summed E-state index contributed by atoms with van der Waals surface area (Å²) in [6, 6.07) is 10.5. The minimum atomic E-state index is -0.598. The van der Waals surface area contributed by atoms with E-state index in [4.69, 9.17) is 15.2 Å². The zero-order valence-electron chi connectivity index (χ0n) is 16.7. The number of benzene rings is 2. The number of nitrogens with zero attached hydrogens (tertiary/aromatic N) is 1. The van der Waals surface area contributed by atoms with Gasteiger partial charge in [-0.15, -0.1) is 0 Å². The minimum Gasteiger partial charge on any atom is -0.496 e. The number of primary amides is 1. The Morgan fingerprint density at radius 2 is 1.90 bits per heavy atom. The highest BCUT2D eigenvalue weighted by atomic mass is 16.5. The number of aromatic nitrogens is 1. The summed E-state index contributed by atoms with van der Waals surface area (Å²) in [4.78, 5) is 28.0. The van der Waals surface area contributed by atoms with Crippen molar-refractivity contribution in [3.8, 4) is 17.2 Å². The number of carbonyl (C=O) groups excluding carboxylic acids is 2. The number of aryl methyl sites for hydroxylation is 1. The van der Waals surface area contributed by atoms with E-state index >= 15 is 0 Å². The number of nitrogens with two attached hydrogens (primary N) is 1. The first-order valence-corrected chi connectivity index (χ1v) is 9.57. The highest BCUT2D eigenvalue weighted by Crippen LogP contribution is 2.34. The van der Waals surface area contributed by atoms with Crippen molar-refractivity contribution in [2.45, 2.75) is 25.8 Å². The van der Waals surface area contributed by atoms with Gasteiger partial charge in [0.25, 0.3) is 5.91 Å². The Morgan fingerprint density at radius 3 is 2.57 bits per heavy atom. The molecule has 3 aromatic rings. The molecule has 1 aromatic heterocycles. The monoisotopic (exact) mass is 406 g/mol. The molecule has 0 unspecified atom stereocenters. The number of urea groups is 1. The van der Waals surface area contributed by atoms with Gasteiger partial charge in [-0.1, -0.05) is 0 Å². The van der Waals surface area contributed by atoms with Gasteiger partial charge in [0.1, 0.15) is 17.2 Å². The van der Waals surface area contributed by atoms with Crippen molar-refractivity contribution >= 4 is 28.5 Å². The second kappa shape index (κ2) is 7.90. The lowest BCUT2D eigenvalue weighted by Gasteiger charge is -2.14. The van der Waals surface area contributed by atoms with Crippen LogP contribution in [0, 0.1) is 6.92 Å². The third-order valence-corrected chi connectivity index (χ3v) is 4.85. The molecule has 4 N–H and O–H groups in total. The predicted octanol–water partition coefficient (Wildman–Crippen LogP) is 3.73. The van der Waals surface area contributed by atoms with E-state index in [1.54, 1.807) is 36.5 Å². The smallest absolute Gasteiger partial charge is 0.319 e. The first-order valence-electron chi connectivity index (χ1n) is 9.57. The Balaban J connectivity index is 1.61. The molecular formula is C22H22N4O4. The van der Waals surface area contributed by atoms with Crippen molar-refractivity contribution in [2.75, 3.05) is 12.4 Å². The van der Waals surface area contributed by atoms with Crippen LogP contribution < -0.4 is 25.8 Å². The molecule has 1 aliphatic rings. The summed E-state index contributed by atoms with van der Waals surface area (Å²) < 4.78 is 11.3. The highest BCUT2D eigenvalue weighted by molar-refractivity contribution is 6.01. The van der Waals surface area contributed by atoms with Crippen LogP contribution in [0.5, 0.6) is 17.2 Å². The van der Waals surface area contributed by atoms with Crippen LogP contribution in [-0.2, 0) is 0 Å². The summed E-state index contributed by atoms with van der Waals surface area (Å²) in [5.74, 6) is 0.905. The summed E-state index contributed by atoms with van der Waals surface area (Å²) in [5, 5.41) is 6.35. The number of fused-ring (bicyclic) bond motifs is 1. The standard InChI is InChI=1S/C22H22N4O4/c1-12-9-14(26-22(28)25-13-3-4-13)5-6-18(12)30-19-7-8-24-17-11-20(29-2)16(21(23)27)10-15(17)19/h5-11,13H,3-4H2,1-2H3,(H2,23,27)(H2,25,26,28). The highest BCUT2D eigenvalue weighted by Gasteiger charge is 2.23. The number of rotatable bonds is 6. The summed E-state index contributed by atoms with van der Waals surface area (Å²) in [6.07, 6.45) is 3.68. The number of anilines is 1. The van der Waals surface area contributed by atoms with Crippen LogP contribution in [0.4, 0.5) is 10.5 Å². The second-order valence-corrected chi connectivity index (χ2v) is 7.20. The largest absolute Gasteiger partial charge is 0.496 e. The van der Waals surface area contributed by atoms with Gasteiger partial charge in [0, 0.05) is 29.4 Å². The van der Waals surface area contributed by atoms with E-state index in [9.17, 15) is 9.59 Å². The molecule has 0 bridgehead atoms. The quantitative estimate of drug-likeness (QED) is 0.577. The average molecular weight is 406 g/mol. The van der Waals surface area contributed by atoms with Crippen molar-refractivity contribution < 1.29 is 19.1 Å². The van der Waals surface area contributed by atoms with Crippen LogP contribution in [0.3, 0.4) is 0 Å². The van der Waals surface area contributed by atoms with Gasteiger partial charge < -0.3 is 25.8 Å². The van der Waals surface area contributed by atoms with Gasteiger partial charge >= 0.3 is 6.03 Å². The van der Waals surface area contributed by atoms with E-state index in [0.717, 1.165) is 18.4 Å². The van der Waals surface area contributed by atoms with Crippen molar-refractivity contribution in [3.63, 3.8) is 0 Å². The number of ether oxygens (including phenoxy) is 2. The van der Waals surface area contributed by atoms with Crippen LogP contribution in [-0.4, -0.2) is 30.1 Å². The van der Waals surface area contributed by atoms with Crippen LogP contribution in [0.25, 0.3) is 10.9 Å². The number of nitrogens with one attached hydrogen (secondary N) is 2.